The maximum atomic E-state index is 13.0. The molecule has 9 heteroatoms. The summed E-state index contributed by atoms with van der Waals surface area (Å²) in [5.74, 6) is 0. The van der Waals surface area contributed by atoms with Gasteiger partial charge in [-0.05, 0) is 24.6 Å². The monoisotopic (exact) mass is 356 g/mol. The molecule has 0 atom stereocenters. The van der Waals surface area contributed by atoms with Crippen LogP contribution in [-0.4, -0.2) is 28.4 Å². The third-order valence-electron chi connectivity index (χ3n) is 3.42. The van der Waals surface area contributed by atoms with Crippen molar-refractivity contribution < 1.29 is 27.2 Å². The highest BCUT2D eigenvalue weighted by molar-refractivity contribution is 7.73. The molecule has 0 radical (unpaired) electrons. The van der Waals surface area contributed by atoms with Crippen LogP contribution in [-0.2, 0) is 32.1 Å². The molecule has 0 aliphatic rings. The molecule has 0 amide bonds. The second kappa shape index (κ2) is 6.93. The SMILES string of the molecule is COP(=O)(OC)C(C)(c1ccc(Cl)cc1)P(=O)(OC)OC. The lowest BCUT2D eigenvalue weighted by Gasteiger charge is -2.38. The van der Waals surface area contributed by atoms with Gasteiger partial charge in [0.25, 0.3) is 0 Å². The van der Waals surface area contributed by atoms with Gasteiger partial charge in [0.15, 0.2) is 4.90 Å². The summed E-state index contributed by atoms with van der Waals surface area (Å²) in [6, 6.07) is 6.33. The van der Waals surface area contributed by atoms with Crippen LogP contribution in [0.5, 0.6) is 0 Å². The van der Waals surface area contributed by atoms with Gasteiger partial charge in [-0.15, -0.1) is 0 Å². The first-order chi connectivity index (χ1) is 9.74. The van der Waals surface area contributed by atoms with Crippen molar-refractivity contribution >= 4 is 26.8 Å². The minimum Gasteiger partial charge on any atom is -0.311 e. The summed E-state index contributed by atoms with van der Waals surface area (Å²) in [4.78, 5) is -1.64. The lowest BCUT2D eigenvalue weighted by Crippen LogP contribution is -2.26. The van der Waals surface area contributed by atoms with Crippen LogP contribution in [0.15, 0.2) is 24.3 Å². The molecule has 120 valence electrons. The zero-order valence-corrected chi connectivity index (χ0v) is 15.1. The van der Waals surface area contributed by atoms with Crippen LogP contribution in [0, 0.1) is 0 Å². The van der Waals surface area contributed by atoms with E-state index in [1.807, 2.05) is 0 Å². The molecule has 0 unspecified atom stereocenters. The molecular formula is C12H19ClO6P2. The van der Waals surface area contributed by atoms with Gasteiger partial charge < -0.3 is 18.1 Å². The molecule has 1 rings (SSSR count). The molecule has 1 aromatic carbocycles. The highest BCUT2D eigenvalue weighted by Crippen LogP contribution is 2.81. The van der Waals surface area contributed by atoms with E-state index in [4.69, 9.17) is 29.7 Å². The topological polar surface area (TPSA) is 71.1 Å². The molecule has 0 saturated carbocycles. The zero-order chi connectivity index (χ0) is 16.3. The molecular weight excluding hydrogens is 338 g/mol. The van der Waals surface area contributed by atoms with Crippen molar-refractivity contribution in [3.05, 3.63) is 34.9 Å². The summed E-state index contributed by atoms with van der Waals surface area (Å²) in [5, 5.41) is 0.482. The average molecular weight is 357 g/mol. The Morgan fingerprint density at radius 1 is 0.857 bits per heavy atom. The van der Waals surface area contributed by atoms with Crippen LogP contribution in [0.1, 0.15) is 12.5 Å². The van der Waals surface area contributed by atoms with Crippen LogP contribution in [0.4, 0.5) is 0 Å². The molecule has 0 aromatic heterocycles. The first-order valence-corrected chi connectivity index (χ1v) is 9.40. The smallest absolute Gasteiger partial charge is 0.311 e. The van der Waals surface area contributed by atoms with Crippen molar-refractivity contribution in [3.8, 4) is 0 Å². The second-order valence-corrected chi connectivity index (χ2v) is 10.3. The van der Waals surface area contributed by atoms with E-state index >= 15 is 0 Å². The standard InChI is InChI=1S/C12H19ClO6P2/c1-12(20(14,16-2)17-3,21(15,18-4)19-5)10-6-8-11(13)9-7-10/h6-9H,1-5H3. The van der Waals surface area contributed by atoms with Crippen molar-refractivity contribution in [2.24, 2.45) is 0 Å². The highest BCUT2D eigenvalue weighted by atomic mass is 35.5. The highest BCUT2D eigenvalue weighted by Gasteiger charge is 2.62. The predicted molar refractivity (Wildman–Crippen MR) is 82.1 cm³/mol. The Hall–Kier alpha value is -0.190. The molecule has 0 fully saturated rings. The Labute approximate surface area is 129 Å². The summed E-state index contributed by atoms with van der Waals surface area (Å²) in [7, 11) is -2.84. The Kier molecular flexibility index (Phi) is 6.22. The van der Waals surface area contributed by atoms with E-state index < -0.39 is 20.1 Å². The number of benzene rings is 1. The van der Waals surface area contributed by atoms with Gasteiger partial charge in [-0.1, -0.05) is 23.7 Å². The van der Waals surface area contributed by atoms with E-state index in [1.54, 1.807) is 24.3 Å². The molecule has 1 aromatic rings. The van der Waals surface area contributed by atoms with Crippen molar-refractivity contribution in [2.45, 2.75) is 11.8 Å². The molecule has 0 N–H and O–H groups in total. The van der Waals surface area contributed by atoms with E-state index in [0.717, 1.165) is 0 Å². The largest absolute Gasteiger partial charge is 0.352 e. The molecule has 0 saturated heterocycles. The normalized spacial score (nSPS) is 13.4. The summed E-state index contributed by atoms with van der Waals surface area (Å²) in [5.41, 5.74) is 0.408. The van der Waals surface area contributed by atoms with Crippen molar-refractivity contribution in [2.75, 3.05) is 28.4 Å². The molecule has 0 bridgehead atoms. The van der Waals surface area contributed by atoms with Gasteiger partial charge in [0.05, 0.1) is 0 Å². The Balaban J connectivity index is 3.69. The van der Waals surface area contributed by atoms with Crippen LogP contribution in [0.25, 0.3) is 0 Å². The van der Waals surface area contributed by atoms with E-state index in [-0.39, 0.29) is 0 Å². The number of hydrogen-bond acceptors (Lipinski definition) is 6. The van der Waals surface area contributed by atoms with Crippen molar-refractivity contribution in [3.63, 3.8) is 0 Å². The van der Waals surface area contributed by atoms with E-state index in [1.165, 1.54) is 35.4 Å². The van der Waals surface area contributed by atoms with Gasteiger partial charge in [-0.25, -0.2) is 0 Å². The molecule has 0 spiro atoms. The quantitative estimate of drug-likeness (QED) is 0.670. The van der Waals surface area contributed by atoms with E-state index in [0.29, 0.717) is 10.6 Å². The fraction of sp³-hybridized carbons (Fsp3) is 0.500. The summed E-state index contributed by atoms with van der Waals surface area (Å²) >= 11 is 5.86. The fourth-order valence-corrected chi connectivity index (χ4v) is 7.05. The number of halogens is 1. The van der Waals surface area contributed by atoms with Crippen molar-refractivity contribution in [1.29, 1.82) is 0 Å². The van der Waals surface area contributed by atoms with Gasteiger partial charge in [-0.3, -0.25) is 9.13 Å². The molecule has 0 aliphatic heterocycles. The molecule has 6 nitrogen and oxygen atoms in total. The van der Waals surface area contributed by atoms with Crippen LogP contribution < -0.4 is 0 Å². The third kappa shape index (κ3) is 2.99. The van der Waals surface area contributed by atoms with Crippen molar-refractivity contribution in [1.82, 2.24) is 0 Å². The minimum absolute atomic E-state index is 0.408. The van der Waals surface area contributed by atoms with Gasteiger partial charge in [0.1, 0.15) is 0 Å². The lowest BCUT2D eigenvalue weighted by molar-refractivity contribution is 0.228. The minimum atomic E-state index is -3.85. The maximum absolute atomic E-state index is 13.0. The van der Waals surface area contributed by atoms with Crippen LogP contribution >= 0.6 is 26.8 Å². The third-order valence-corrected chi connectivity index (χ3v) is 9.71. The second-order valence-electron chi connectivity index (χ2n) is 4.25. The fourth-order valence-electron chi connectivity index (χ4n) is 2.09. The summed E-state index contributed by atoms with van der Waals surface area (Å²) in [6.45, 7) is 1.46. The van der Waals surface area contributed by atoms with Crippen LogP contribution in [0.3, 0.4) is 0 Å². The summed E-state index contributed by atoms with van der Waals surface area (Å²) in [6.07, 6.45) is 0. The molecule has 0 heterocycles. The molecule has 21 heavy (non-hydrogen) atoms. The van der Waals surface area contributed by atoms with Crippen LogP contribution in [0.2, 0.25) is 5.02 Å². The lowest BCUT2D eigenvalue weighted by atomic mass is 10.1. The van der Waals surface area contributed by atoms with Gasteiger partial charge in [0.2, 0.25) is 0 Å². The van der Waals surface area contributed by atoms with Gasteiger partial charge in [-0.2, -0.15) is 0 Å². The predicted octanol–water partition coefficient (Wildman–Crippen LogP) is 4.48. The zero-order valence-electron chi connectivity index (χ0n) is 12.5. The first kappa shape index (κ1) is 18.9. The molecule has 0 aliphatic carbocycles. The first-order valence-electron chi connectivity index (χ1n) is 5.94. The summed E-state index contributed by atoms with van der Waals surface area (Å²) < 4.78 is 46.2. The van der Waals surface area contributed by atoms with Gasteiger partial charge >= 0.3 is 15.2 Å². The Morgan fingerprint density at radius 3 is 1.48 bits per heavy atom. The maximum Gasteiger partial charge on any atom is 0.352 e. The Bertz CT molecular complexity index is 532. The van der Waals surface area contributed by atoms with E-state index in [2.05, 4.69) is 0 Å². The number of hydrogen-bond donors (Lipinski definition) is 0. The average Bonchev–Trinajstić information content (AvgIpc) is 2.52. The Morgan fingerprint density at radius 2 is 1.19 bits per heavy atom. The van der Waals surface area contributed by atoms with Gasteiger partial charge in [0, 0.05) is 33.5 Å². The number of rotatable bonds is 7. The van der Waals surface area contributed by atoms with E-state index in [9.17, 15) is 9.13 Å².